The first kappa shape index (κ1) is 14.6. The first-order valence-corrected chi connectivity index (χ1v) is 7.10. The van der Waals surface area contributed by atoms with E-state index in [9.17, 15) is 14.9 Å². The van der Waals surface area contributed by atoms with Gasteiger partial charge in [0.2, 0.25) is 0 Å². The van der Waals surface area contributed by atoms with E-state index in [1.165, 1.54) is 34.5 Å². The van der Waals surface area contributed by atoms with Crippen LogP contribution in [0.15, 0.2) is 28.2 Å². The van der Waals surface area contributed by atoms with Gasteiger partial charge in [-0.25, -0.2) is 9.89 Å². The second-order valence-corrected chi connectivity index (χ2v) is 5.23. The molecule has 2 aromatic rings. The number of aromatic amines is 1. The molecule has 1 aromatic carbocycles. The molecule has 1 aromatic heterocycles. The number of nitrogens with zero attached hydrogens (tertiary/aromatic N) is 3. The van der Waals surface area contributed by atoms with E-state index in [2.05, 4.69) is 10.2 Å². The van der Waals surface area contributed by atoms with Gasteiger partial charge in [0.05, 0.1) is 4.92 Å². The molecule has 20 heavy (non-hydrogen) atoms. The summed E-state index contributed by atoms with van der Waals surface area (Å²) < 4.78 is 1.48. The van der Waals surface area contributed by atoms with Crippen molar-refractivity contribution in [2.75, 3.05) is 0 Å². The molecule has 0 aliphatic carbocycles. The Morgan fingerprint density at radius 3 is 2.95 bits per heavy atom. The molecule has 2 rings (SSSR count). The third kappa shape index (κ3) is 3.02. The molecule has 9 heteroatoms. The predicted octanol–water partition coefficient (Wildman–Crippen LogP) is 2.45. The SMILES string of the molecule is CCn1c(SCc2cc([N+](=O)[O-])ccc2Cl)n[nH]c1=O. The van der Waals surface area contributed by atoms with Gasteiger partial charge in [0.25, 0.3) is 5.69 Å². The summed E-state index contributed by atoms with van der Waals surface area (Å²) in [6, 6.07) is 4.27. The molecular formula is C11H11ClN4O3S. The highest BCUT2D eigenvalue weighted by Gasteiger charge is 2.12. The molecule has 0 bridgehead atoms. The molecule has 0 saturated heterocycles. The van der Waals surface area contributed by atoms with Gasteiger partial charge in [-0.05, 0) is 18.6 Å². The lowest BCUT2D eigenvalue weighted by Gasteiger charge is -2.04. The molecular weight excluding hydrogens is 304 g/mol. The van der Waals surface area contributed by atoms with Crippen LogP contribution < -0.4 is 5.69 Å². The lowest BCUT2D eigenvalue weighted by molar-refractivity contribution is -0.384. The number of benzene rings is 1. The van der Waals surface area contributed by atoms with Crippen molar-refractivity contribution in [2.45, 2.75) is 24.4 Å². The summed E-state index contributed by atoms with van der Waals surface area (Å²) in [5.41, 5.74) is 0.337. The lowest BCUT2D eigenvalue weighted by Crippen LogP contribution is -2.16. The van der Waals surface area contributed by atoms with Gasteiger partial charge in [-0.1, -0.05) is 23.4 Å². The third-order valence-electron chi connectivity index (χ3n) is 2.64. The third-order valence-corrected chi connectivity index (χ3v) is 4.03. The summed E-state index contributed by atoms with van der Waals surface area (Å²) in [6.07, 6.45) is 0. The molecule has 0 atom stereocenters. The smallest absolute Gasteiger partial charge is 0.270 e. The minimum Gasteiger partial charge on any atom is -0.270 e. The van der Waals surface area contributed by atoms with Gasteiger partial charge in [0.15, 0.2) is 5.16 Å². The minimum atomic E-state index is -0.471. The summed E-state index contributed by atoms with van der Waals surface area (Å²) in [7, 11) is 0. The van der Waals surface area contributed by atoms with Gasteiger partial charge >= 0.3 is 5.69 Å². The Bertz CT molecular complexity index is 697. The van der Waals surface area contributed by atoms with Crippen LogP contribution in [-0.4, -0.2) is 19.7 Å². The van der Waals surface area contributed by atoms with Crippen molar-refractivity contribution in [3.05, 3.63) is 49.4 Å². The quantitative estimate of drug-likeness (QED) is 0.519. The average Bonchev–Trinajstić information content (AvgIpc) is 2.77. The maximum Gasteiger partial charge on any atom is 0.343 e. The topological polar surface area (TPSA) is 93.8 Å². The fourth-order valence-corrected chi connectivity index (χ4v) is 2.88. The maximum absolute atomic E-state index is 11.4. The van der Waals surface area contributed by atoms with E-state index in [0.29, 0.717) is 28.0 Å². The molecule has 0 fully saturated rings. The van der Waals surface area contributed by atoms with Crippen LogP contribution in [0.5, 0.6) is 0 Å². The van der Waals surface area contributed by atoms with Crippen molar-refractivity contribution in [1.29, 1.82) is 0 Å². The molecule has 106 valence electrons. The second-order valence-electron chi connectivity index (χ2n) is 3.88. The highest BCUT2D eigenvalue weighted by molar-refractivity contribution is 7.98. The van der Waals surface area contributed by atoms with Gasteiger partial charge < -0.3 is 0 Å². The largest absolute Gasteiger partial charge is 0.343 e. The number of nitrogens with one attached hydrogen (secondary N) is 1. The fraction of sp³-hybridized carbons (Fsp3) is 0.273. The number of hydrogen-bond acceptors (Lipinski definition) is 5. The van der Waals surface area contributed by atoms with E-state index in [1.807, 2.05) is 6.92 Å². The Morgan fingerprint density at radius 2 is 2.30 bits per heavy atom. The number of thioether (sulfide) groups is 1. The van der Waals surface area contributed by atoms with Crippen molar-refractivity contribution in [1.82, 2.24) is 14.8 Å². The highest BCUT2D eigenvalue weighted by atomic mass is 35.5. The lowest BCUT2D eigenvalue weighted by atomic mass is 10.2. The second kappa shape index (κ2) is 6.10. The van der Waals surface area contributed by atoms with E-state index in [4.69, 9.17) is 11.6 Å². The minimum absolute atomic E-state index is 0.0140. The predicted molar refractivity (Wildman–Crippen MR) is 76.2 cm³/mol. The van der Waals surface area contributed by atoms with Crippen molar-refractivity contribution in [2.24, 2.45) is 0 Å². The van der Waals surface area contributed by atoms with Crippen molar-refractivity contribution < 1.29 is 4.92 Å². The zero-order valence-electron chi connectivity index (χ0n) is 10.5. The van der Waals surface area contributed by atoms with E-state index in [0.717, 1.165) is 0 Å². The van der Waals surface area contributed by atoms with E-state index < -0.39 is 4.92 Å². The first-order chi connectivity index (χ1) is 9.52. The van der Waals surface area contributed by atoms with Crippen LogP contribution in [0.2, 0.25) is 5.02 Å². The molecule has 7 nitrogen and oxygen atoms in total. The van der Waals surface area contributed by atoms with E-state index in [1.54, 1.807) is 0 Å². The molecule has 0 saturated carbocycles. The van der Waals surface area contributed by atoms with Gasteiger partial charge in [0, 0.05) is 29.5 Å². The summed E-state index contributed by atoms with van der Waals surface area (Å²) in [6.45, 7) is 2.33. The molecule has 0 amide bonds. The van der Waals surface area contributed by atoms with Crippen LogP contribution >= 0.6 is 23.4 Å². The van der Waals surface area contributed by atoms with Crippen LogP contribution in [0, 0.1) is 10.1 Å². The Hall–Kier alpha value is -1.80. The van der Waals surface area contributed by atoms with Gasteiger partial charge in [-0.2, -0.15) is 0 Å². The van der Waals surface area contributed by atoms with Crippen molar-refractivity contribution in [3.63, 3.8) is 0 Å². The van der Waals surface area contributed by atoms with Crippen LogP contribution in [0.3, 0.4) is 0 Å². The summed E-state index contributed by atoms with van der Waals surface area (Å²) in [5.74, 6) is 0.394. The number of halogens is 1. The number of rotatable bonds is 5. The number of nitro groups is 1. The summed E-state index contributed by atoms with van der Waals surface area (Å²) in [5, 5.41) is 18.0. The number of nitro benzene ring substituents is 1. The van der Waals surface area contributed by atoms with Gasteiger partial charge in [-0.15, -0.1) is 5.10 Å². The fourth-order valence-electron chi connectivity index (χ4n) is 1.62. The molecule has 0 aliphatic heterocycles. The van der Waals surface area contributed by atoms with Crippen LogP contribution in [0.25, 0.3) is 0 Å². The number of hydrogen-bond donors (Lipinski definition) is 1. The average molecular weight is 315 g/mol. The van der Waals surface area contributed by atoms with Gasteiger partial charge in [-0.3, -0.25) is 14.7 Å². The molecule has 0 aliphatic rings. The Morgan fingerprint density at radius 1 is 1.55 bits per heavy atom. The maximum atomic E-state index is 11.4. The number of non-ortho nitro benzene ring substituents is 1. The van der Waals surface area contributed by atoms with Crippen LogP contribution in [0.4, 0.5) is 5.69 Å². The molecule has 0 spiro atoms. The van der Waals surface area contributed by atoms with E-state index in [-0.39, 0.29) is 11.4 Å². The molecule has 1 N–H and O–H groups in total. The first-order valence-electron chi connectivity index (χ1n) is 5.73. The zero-order valence-corrected chi connectivity index (χ0v) is 12.1. The molecule has 0 radical (unpaired) electrons. The number of aromatic nitrogens is 3. The molecule has 0 unspecified atom stereocenters. The van der Waals surface area contributed by atoms with Crippen LogP contribution in [-0.2, 0) is 12.3 Å². The molecule has 1 heterocycles. The normalized spacial score (nSPS) is 10.7. The van der Waals surface area contributed by atoms with Crippen molar-refractivity contribution >= 4 is 29.1 Å². The summed E-state index contributed by atoms with van der Waals surface area (Å²) in [4.78, 5) is 21.7. The van der Waals surface area contributed by atoms with E-state index >= 15 is 0 Å². The van der Waals surface area contributed by atoms with Gasteiger partial charge in [0.1, 0.15) is 0 Å². The number of H-pyrrole nitrogens is 1. The standard InChI is InChI=1S/C11H11ClN4O3S/c1-2-15-10(17)13-14-11(15)20-6-7-5-8(16(18)19)3-4-9(7)12/h3-5H,2,6H2,1H3,(H,13,17). The highest BCUT2D eigenvalue weighted by Crippen LogP contribution is 2.28. The summed E-state index contributed by atoms with van der Waals surface area (Å²) >= 11 is 7.31. The Labute approximate surface area is 123 Å². The monoisotopic (exact) mass is 314 g/mol. The Balaban J connectivity index is 2.20. The van der Waals surface area contributed by atoms with Crippen LogP contribution in [0.1, 0.15) is 12.5 Å². The van der Waals surface area contributed by atoms with Crippen molar-refractivity contribution in [3.8, 4) is 0 Å². The Kier molecular flexibility index (Phi) is 4.46. The zero-order chi connectivity index (χ0) is 14.7.